The van der Waals surface area contributed by atoms with Crippen molar-refractivity contribution in [3.05, 3.63) is 94.8 Å². The van der Waals surface area contributed by atoms with Gasteiger partial charge in [-0.25, -0.2) is 0 Å². The number of hydrogen-bond donors (Lipinski definition) is 1. The number of nitrogens with zero attached hydrogens (tertiary/aromatic N) is 2. The van der Waals surface area contributed by atoms with Crippen LogP contribution in [0.25, 0.3) is 5.76 Å². The summed E-state index contributed by atoms with van der Waals surface area (Å²) in [6.45, 7) is 5.93. The van der Waals surface area contributed by atoms with Crippen molar-refractivity contribution in [2.24, 2.45) is 0 Å². The van der Waals surface area contributed by atoms with E-state index in [0.717, 1.165) is 11.1 Å². The summed E-state index contributed by atoms with van der Waals surface area (Å²) in [5.74, 6) is -0.355. The van der Waals surface area contributed by atoms with Gasteiger partial charge in [0.2, 0.25) is 0 Å². The predicted molar refractivity (Wildman–Crippen MR) is 132 cm³/mol. The van der Waals surface area contributed by atoms with Gasteiger partial charge in [-0.05, 0) is 79.9 Å². The van der Waals surface area contributed by atoms with Gasteiger partial charge in [0, 0.05) is 24.5 Å². The normalized spacial score (nSPS) is 17.2. The van der Waals surface area contributed by atoms with Crippen LogP contribution in [0.4, 0.5) is 0 Å². The summed E-state index contributed by atoms with van der Waals surface area (Å²) < 4.78 is 11.2. The monoisotopic (exact) mass is 472 g/mol. The van der Waals surface area contributed by atoms with Crippen molar-refractivity contribution in [1.29, 1.82) is 0 Å². The Hall–Kier alpha value is -4.13. The average molecular weight is 473 g/mol. The van der Waals surface area contributed by atoms with Crippen molar-refractivity contribution < 1.29 is 24.2 Å². The SMILES string of the molecule is COc1cccc(C2/C(=C(\O)c3ccc(OC(C)C)c(C)c3)C(=O)C(=O)N2Cc2ccncc2)c1. The molecule has 7 heteroatoms. The second-order valence-electron chi connectivity index (χ2n) is 8.71. The van der Waals surface area contributed by atoms with E-state index in [9.17, 15) is 14.7 Å². The van der Waals surface area contributed by atoms with Gasteiger partial charge in [-0.15, -0.1) is 0 Å². The Balaban J connectivity index is 1.84. The van der Waals surface area contributed by atoms with Crippen molar-refractivity contribution in [2.45, 2.75) is 39.5 Å². The van der Waals surface area contributed by atoms with E-state index in [1.807, 2.05) is 26.8 Å². The van der Waals surface area contributed by atoms with E-state index in [2.05, 4.69) is 4.98 Å². The molecule has 7 nitrogen and oxygen atoms in total. The zero-order valence-corrected chi connectivity index (χ0v) is 20.2. The first kappa shape index (κ1) is 24.0. The predicted octanol–water partition coefficient (Wildman–Crippen LogP) is 4.81. The topological polar surface area (TPSA) is 89.0 Å². The molecule has 180 valence electrons. The number of aliphatic hydroxyl groups excluding tert-OH is 1. The zero-order chi connectivity index (χ0) is 25.1. The van der Waals surface area contributed by atoms with Gasteiger partial charge in [-0.1, -0.05) is 12.1 Å². The van der Waals surface area contributed by atoms with Crippen LogP contribution in [0, 0.1) is 6.92 Å². The van der Waals surface area contributed by atoms with Crippen LogP contribution in [0.2, 0.25) is 0 Å². The number of benzene rings is 2. The molecule has 1 N–H and O–H groups in total. The fraction of sp³-hybridized carbons (Fsp3) is 0.250. The molecule has 1 aliphatic heterocycles. The van der Waals surface area contributed by atoms with Crippen molar-refractivity contribution in [1.82, 2.24) is 9.88 Å². The van der Waals surface area contributed by atoms with E-state index in [1.54, 1.807) is 68.0 Å². The minimum Gasteiger partial charge on any atom is -0.507 e. The Bertz CT molecular complexity index is 1280. The van der Waals surface area contributed by atoms with Crippen LogP contribution in [0.1, 0.15) is 42.1 Å². The fourth-order valence-electron chi connectivity index (χ4n) is 4.22. The average Bonchev–Trinajstić information content (AvgIpc) is 3.10. The highest BCUT2D eigenvalue weighted by Crippen LogP contribution is 2.41. The number of aliphatic hydroxyl groups is 1. The Morgan fingerprint density at radius 2 is 1.83 bits per heavy atom. The molecule has 1 fully saturated rings. The first-order chi connectivity index (χ1) is 16.8. The van der Waals surface area contributed by atoms with E-state index < -0.39 is 17.7 Å². The van der Waals surface area contributed by atoms with Crippen molar-refractivity contribution in [3.63, 3.8) is 0 Å². The minimum atomic E-state index is -0.787. The number of aryl methyl sites for hydroxylation is 1. The molecule has 4 rings (SSSR count). The van der Waals surface area contributed by atoms with E-state index in [-0.39, 0.29) is 24.0 Å². The molecule has 0 aliphatic carbocycles. The van der Waals surface area contributed by atoms with Gasteiger partial charge in [0.25, 0.3) is 11.7 Å². The lowest BCUT2D eigenvalue weighted by molar-refractivity contribution is -0.140. The number of Topliss-reactive ketones (excluding diaryl/α,β-unsaturated/α-hetero) is 1. The van der Waals surface area contributed by atoms with Crippen molar-refractivity contribution >= 4 is 17.4 Å². The molecule has 1 unspecified atom stereocenters. The van der Waals surface area contributed by atoms with Crippen LogP contribution in [-0.4, -0.2) is 39.9 Å². The molecule has 0 radical (unpaired) electrons. The molecule has 0 saturated carbocycles. The number of amides is 1. The van der Waals surface area contributed by atoms with Gasteiger partial charge in [0.05, 0.1) is 24.8 Å². The molecule has 1 aromatic heterocycles. The minimum absolute atomic E-state index is 0.000260. The number of ether oxygens (including phenoxy) is 2. The maximum absolute atomic E-state index is 13.3. The summed E-state index contributed by atoms with van der Waals surface area (Å²) in [6, 6.07) is 15.2. The van der Waals surface area contributed by atoms with Gasteiger partial charge in [0.1, 0.15) is 17.3 Å². The Morgan fingerprint density at radius 1 is 1.09 bits per heavy atom. The molecule has 2 heterocycles. The number of likely N-dealkylation sites (tertiary alicyclic amines) is 1. The number of pyridine rings is 1. The summed E-state index contributed by atoms with van der Waals surface area (Å²) >= 11 is 0. The highest BCUT2D eigenvalue weighted by molar-refractivity contribution is 6.46. The van der Waals surface area contributed by atoms with Crippen molar-refractivity contribution in [2.75, 3.05) is 7.11 Å². The van der Waals surface area contributed by atoms with E-state index in [0.29, 0.717) is 22.6 Å². The number of ketones is 1. The number of hydrogen-bond acceptors (Lipinski definition) is 6. The van der Waals surface area contributed by atoms with Crippen LogP contribution < -0.4 is 9.47 Å². The molecule has 1 amide bonds. The zero-order valence-electron chi connectivity index (χ0n) is 20.2. The van der Waals surface area contributed by atoms with Crippen LogP contribution in [-0.2, 0) is 16.1 Å². The number of carbonyl (C=O) groups is 2. The second kappa shape index (κ2) is 10.0. The third-order valence-electron chi connectivity index (χ3n) is 5.86. The molecule has 3 aromatic rings. The molecule has 1 saturated heterocycles. The van der Waals surface area contributed by atoms with Gasteiger partial charge < -0.3 is 19.5 Å². The van der Waals surface area contributed by atoms with Gasteiger partial charge in [0.15, 0.2) is 0 Å². The van der Waals surface area contributed by atoms with Crippen LogP contribution >= 0.6 is 0 Å². The third-order valence-corrected chi connectivity index (χ3v) is 5.86. The standard InChI is InChI=1S/C28H28N2O5/c1-17(2)35-23-9-8-21(14-18(23)3)26(31)24-25(20-6-5-7-22(15-20)34-4)30(28(33)27(24)32)16-19-10-12-29-13-11-19/h5-15,17,25,31H,16H2,1-4H3/b26-24+. The number of aromatic nitrogens is 1. The summed E-state index contributed by atoms with van der Waals surface area (Å²) in [5, 5.41) is 11.3. The van der Waals surface area contributed by atoms with Gasteiger partial charge >= 0.3 is 0 Å². The molecule has 0 spiro atoms. The lowest BCUT2D eigenvalue weighted by Crippen LogP contribution is -2.29. The largest absolute Gasteiger partial charge is 0.507 e. The summed E-state index contributed by atoms with van der Waals surface area (Å²) in [6.07, 6.45) is 3.27. The first-order valence-electron chi connectivity index (χ1n) is 11.4. The molecule has 1 atom stereocenters. The molecule has 35 heavy (non-hydrogen) atoms. The maximum Gasteiger partial charge on any atom is 0.295 e. The lowest BCUT2D eigenvalue weighted by Gasteiger charge is -2.25. The second-order valence-corrected chi connectivity index (χ2v) is 8.71. The number of methoxy groups -OCH3 is 1. The van der Waals surface area contributed by atoms with Crippen LogP contribution in [0.15, 0.2) is 72.6 Å². The van der Waals surface area contributed by atoms with Crippen LogP contribution in [0.3, 0.4) is 0 Å². The molecule has 2 aromatic carbocycles. The maximum atomic E-state index is 13.3. The number of rotatable bonds is 7. The lowest BCUT2D eigenvalue weighted by atomic mass is 9.94. The van der Waals surface area contributed by atoms with E-state index >= 15 is 0 Å². The van der Waals surface area contributed by atoms with E-state index in [1.165, 1.54) is 4.90 Å². The van der Waals surface area contributed by atoms with Gasteiger partial charge in [-0.2, -0.15) is 0 Å². The highest BCUT2D eigenvalue weighted by Gasteiger charge is 2.46. The van der Waals surface area contributed by atoms with Crippen LogP contribution in [0.5, 0.6) is 11.5 Å². The third kappa shape index (κ3) is 4.89. The summed E-state index contributed by atoms with van der Waals surface area (Å²) in [5.41, 5.74) is 2.77. The molecule has 1 aliphatic rings. The Morgan fingerprint density at radius 3 is 2.49 bits per heavy atom. The van der Waals surface area contributed by atoms with Crippen molar-refractivity contribution in [3.8, 4) is 11.5 Å². The quantitative estimate of drug-likeness (QED) is 0.302. The molecule has 0 bridgehead atoms. The number of carbonyl (C=O) groups excluding carboxylic acids is 2. The first-order valence-corrected chi connectivity index (χ1v) is 11.4. The summed E-state index contributed by atoms with van der Waals surface area (Å²) in [7, 11) is 1.55. The Labute approximate surface area is 204 Å². The summed E-state index contributed by atoms with van der Waals surface area (Å²) in [4.78, 5) is 32.0. The smallest absolute Gasteiger partial charge is 0.295 e. The molecular weight excluding hydrogens is 444 g/mol. The van der Waals surface area contributed by atoms with E-state index in [4.69, 9.17) is 9.47 Å². The highest BCUT2D eigenvalue weighted by atomic mass is 16.5. The fourth-order valence-corrected chi connectivity index (χ4v) is 4.22. The van der Waals surface area contributed by atoms with Gasteiger partial charge in [-0.3, -0.25) is 14.6 Å². The Kier molecular flexibility index (Phi) is 6.87. The molecular formula is C28H28N2O5.